The zero-order chi connectivity index (χ0) is 13.5. The van der Waals surface area contributed by atoms with E-state index in [1.165, 1.54) is 23.1 Å². The lowest BCUT2D eigenvalue weighted by atomic mass is 10.3. The minimum absolute atomic E-state index is 0.0672. The maximum atomic E-state index is 11.4. The molecule has 0 aliphatic rings. The van der Waals surface area contributed by atoms with Crippen LogP contribution in [0.1, 0.15) is 16.8 Å². The van der Waals surface area contributed by atoms with Crippen molar-refractivity contribution in [2.24, 2.45) is 0 Å². The van der Waals surface area contributed by atoms with E-state index in [1.807, 2.05) is 0 Å². The monoisotopic (exact) mass is 254 g/mol. The van der Waals surface area contributed by atoms with Crippen LogP contribution in [-0.2, 0) is 16.1 Å². The normalized spacial score (nSPS) is 9.78. The summed E-state index contributed by atoms with van der Waals surface area (Å²) in [6, 6.07) is 1.44. The van der Waals surface area contributed by atoms with E-state index in [9.17, 15) is 14.4 Å². The number of nitrogens with one attached hydrogen (secondary N) is 1. The largest absolute Gasteiger partial charge is 0.481 e. The van der Waals surface area contributed by atoms with Crippen molar-refractivity contribution in [1.29, 1.82) is 0 Å². The van der Waals surface area contributed by atoms with Gasteiger partial charge in [0.25, 0.3) is 5.91 Å². The minimum Gasteiger partial charge on any atom is -0.481 e. The van der Waals surface area contributed by atoms with E-state index in [4.69, 9.17) is 10.2 Å². The van der Waals surface area contributed by atoms with E-state index in [-0.39, 0.29) is 18.5 Å². The molecule has 96 valence electrons. The highest BCUT2D eigenvalue weighted by Crippen LogP contribution is 1.92. The number of carboxylic acids is 2. The van der Waals surface area contributed by atoms with Gasteiger partial charge in [0.15, 0.2) is 12.7 Å². The number of amides is 1. The number of aromatic nitrogens is 2. The van der Waals surface area contributed by atoms with Crippen molar-refractivity contribution in [3.05, 3.63) is 24.0 Å². The third-order valence-corrected chi connectivity index (χ3v) is 1.99. The number of hydrogen-bond acceptors (Lipinski definition) is 4. The first-order valence-corrected chi connectivity index (χ1v) is 5.06. The number of aliphatic carboxylic acids is 2. The smallest absolute Gasteiger partial charge is 0.322 e. The van der Waals surface area contributed by atoms with Gasteiger partial charge >= 0.3 is 11.9 Å². The minimum atomic E-state index is -1.14. The second kappa shape index (κ2) is 6.28. The van der Waals surface area contributed by atoms with Crippen LogP contribution in [0.3, 0.4) is 0 Å². The fraction of sp³-hybridized carbons (Fsp3) is 0.300. The molecule has 0 fully saturated rings. The van der Waals surface area contributed by atoms with Crippen LogP contribution in [-0.4, -0.2) is 39.7 Å². The maximum Gasteiger partial charge on any atom is 0.322 e. The zero-order valence-corrected chi connectivity index (χ0v) is 9.37. The van der Waals surface area contributed by atoms with E-state index in [1.54, 1.807) is 0 Å². The van der Waals surface area contributed by atoms with Gasteiger partial charge in [0.1, 0.15) is 19.2 Å². The third kappa shape index (κ3) is 4.56. The fourth-order valence-corrected chi connectivity index (χ4v) is 1.12. The molecule has 0 saturated carbocycles. The molecular weight excluding hydrogens is 242 g/mol. The van der Waals surface area contributed by atoms with Crippen LogP contribution < -0.4 is 10.00 Å². The molecule has 0 saturated heterocycles. The van der Waals surface area contributed by atoms with Crippen molar-refractivity contribution in [3.8, 4) is 0 Å². The van der Waals surface area contributed by atoms with Crippen LogP contribution in [0, 0.1) is 0 Å². The Bertz CT molecular complexity index is 457. The van der Waals surface area contributed by atoms with Crippen LogP contribution in [0.2, 0.25) is 0 Å². The highest BCUT2D eigenvalue weighted by atomic mass is 16.4. The van der Waals surface area contributed by atoms with E-state index in [0.29, 0.717) is 0 Å². The predicted octanol–water partition coefficient (Wildman–Crippen LogP) is -1.34. The van der Waals surface area contributed by atoms with E-state index >= 15 is 0 Å². The molecule has 1 rings (SSSR count). The predicted molar refractivity (Wildman–Crippen MR) is 56.7 cm³/mol. The molecule has 8 nitrogen and oxygen atoms in total. The van der Waals surface area contributed by atoms with Crippen molar-refractivity contribution in [3.63, 3.8) is 0 Å². The molecule has 8 heteroatoms. The van der Waals surface area contributed by atoms with Crippen molar-refractivity contribution in [2.75, 3.05) is 6.54 Å². The van der Waals surface area contributed by atoms with Gasteiger partial charge in [-0.1, -0.05) is 4.68 Å². The van der Waals surface area contributed by atoms with Crippen LogP contribution in [0.25, 0.3) is 0 Å². The van der Waals surface area contributed by atoms with Gasteiger partial charge in [0, 0.05) is 6.07 Å². The van der Waals surface area contributed by atoms with Gasteiger partial charge in [-0.3, -0.25) is 14.4 Å². The first-order valence-electron chi connectivity index (χ1n) is 5.06. The summed E-state index contributed by atoms with van der Waals surface area (Å²) in [7, 11) is 0. The van der Waals surface area contributed by atoms with Gasteiger partial charge in [-0.2, -0.15) is 0 Å². The standard InChI is InChI=1S/C10H11N3O5/c14-8(15)2-4-13-3-1-7(5-12-13)10(18)11-6-9(16)17/h1,3,5H,2,4,6H2,(H2-,11,14,15,16,17,18)/p+1. The maximum absolute atomic E-state index is 11.4. The number of aryl methyl sites for hydroxylation is 1. The van der Waals surface area contributed by atoms with Gasteiger partial charge < -0.3 is 15.5 Å². The van der Waals surface area contributed by atoms with E-state index < -0.39 is 24.4 Å². The molecule has 0 aliphatic heterocycles. The molecule has 0 unspecified atom stereocenters. The Kier molecular flexibility index (Phi) is 4.73. The topological polar surface area (TPSA) is 120 Å². The van der Waals surface area contributed by atoms with Crippen molar-refractivity contribution in [2.45, 2.75) is 13.0 Å². The number of carbonyl (C=O) groups is 3. The highest BCUT2D eigenvalue weighted by molar-refractivity contribution is 5.95. The van der Waals surface area contributed by atoms with Crippen molar-refractivity contribution < 1.29 is 29.3 Å². The summed E-state index contributed by atoms with van der Waals surface area (Å²) in [5.41, 5.74) is 0.211. The number of nitrogens with zero attached hydrogens (tertiary/aromatic N) is 2. The molecule has 0 aromatic carbocycles. The summed E-state index contributed by atoms with van der Waals surface area (Å²) >= 11 is 0. The molecule has 1 aromatic rings. The SMILES string of the molecule is O=C(O)CC[n+]1ccc(C(=O)NCC(=O)O)cn1. The Balaban J connectivity index is 2.56. The molecule has 1 amide bonds. The summed E-state index contributed by atoms with van der Waals surface area (Å²) in [6.45, 7) is -0.265. The molecule has 0 aliphatic carbocycles. The zero-order valence-electron chi connectivity index (χ0n) is 9.37. The van der Waals surface area contributed by atoms with Crippen LogP contribution >= 0.6 is 0 Å². The quantitative estimate of drug-likeness (QED) is 0.540. The first kappa shape index (κ1) is 13.6. The summed E-state index contributed by atoms with van der Waals surface area (Å²) < 4.78 is 1.38. The second-order valence-corrected chi connectivity index (χ2v) is 3.40. The molecule has 0 atom stereocenters. The van der Waals surface area contributed by atoms with Crippen LogP contribution in [0.15, 0.2) is 18.5 Å². The Hall–Kier alpha value is -2.51. The average Bonchev–Trinajstić information content (AvgIpc) is 2.34. The molecule has 1 aromatic heterocycles. The molecule has 0 radical (unpaired) electrons. The van der Waals surface area contributed by atoms with Crippen molar-refractivity contribution >= 4 is 17.8 Å². The molecule has 1 heterocycles. The molecule has 0 bridgehead atoms. The Morgan fingerprint density at radius 1 is 1.28 bits per heavy atom. The number of hydrogen-bond donors (Lipinski definition) is 3. The third-order valence-electron chi connectivity index (χ3n) is 1.99. The summed E-state index contributed by atoms with van der Waals surface area (Å²) in [6.07, 6.45) is 2.64. The number of rotatable bonds is 6. The highest BCUT2D eigenvalue weighted by Gasteiger charge is 2.11. The van der Waals surface area contributed by atoms with Gasteiger partial charge in [0.2, 0.25) is 0 Å². The lowest BCUT2D eigenvalue weighted by Crippen LogP contribution is -2.39. The lowest BCUT2D eigenvalue weighted by molar-refractivity contribution is -0.753. The summed E-state index contributed by atoms with van der Waals surface area (Å²) in [4.78, 5) is 32.0. The Morgan fingerprint density at radius 3 is 2.50 bits per heavy atom. The van der Waals surface area contributed by atoms with Crippen LogP contribution in [0.4, 0.5) is 0 Å². The van der Waals surface area contributed by atoms with E-state index in [2.05, 4.69) is 10.4 Å². The number of carbonyl (C=O) groups excluding carboxylic acids is 1. The van der Waals surface area contributed by atoms with Crippen molar-refractivity contribution in [1.82, 2.24) is 10.4 Å². The number of carboxylic acid groups (broad SMARTS) is 2. The van der Waals surface area contributed by atoms with E-state index in [0.717, 1.165) is 0 Å². The fourth-order valence-electron chi connectivity index (χ4n) is 1.12. The first-order chi connectivity index (χ1) is 8.49. The molecule has 18 heavy (non-hydrogen) atoms. The molecular formula is C10H12N3O5+. The molecule has 3 N–H and O–H groups in total. The average molecular weight is 254 g/mol. The second-order valence-electron chi connectivity index (χ2n) is 3.40. The molecule has 0 spiro atoms. The lowest BCUT2D eigenvalue weighted by Gasteiger charge is -2.00. The van der Waals surface area contributed by atoms with Crippen LogP contribution in [0.5, 0.6) is 0 Å². The summed E-state index contributed by atoms with van der Waals surface area (Å²) in [5, 5.41) is 22.9. The summed E-state index contributed by atoms with van der Waals surface area (Å²) in [5.74, 6) is -2.62. The Labute approximate surface area is 102 Å². The van der Waals surface area contributed by atoms with Gasteiger partial charge in [-0.25, -0.2) is 0 Å². The van der Waals surface area contributed by atoms with Gasteiger partial charge in [-0.15, -0.1) is 0 Å². The Morgan fingerprint density at radius 2 is 2.00 bits per heavy atom. The van der Waals surface area contributed by atoms with Gasteiger partial charge in [0.05, 0.1) is 5.56 Å². The van der Waals surface area contributed by atoms with Gasteiger partial charge in [-0.05, 0) is 5.10 Å².